The lowest BCUT2D eigenvalue weighted by atomic mass is 9.91. The third kappa shape index (κ3) is 2.92. The fraction of sp³-hybridized carbons (Fsp3) is 0.565. The molecule has 3 aliphatic rings. The van der Waals surface area contributed by atoms with Crippen LogP contribution < -0.4 is 0 Å². The molecule has 2 aromatic heterocycles. The Morgan fingerprint density at radius 2 is 1.90 bits per heavy atom. The summed E-state index contributed by atoms with van der Waals surface area (Å²) in [6.45, 7) is 6.70. The first-order chi connectivity index (χ1) is 14.2. The Kier molecular flexibility index (Phi) is 4.06. The van der Waals surface area contributed by atoms with E-state index in [1.54, 1.807) is 0 Å². The second-order valence-corrected chi connectivity index (χ2v) is 9.36. The first-order valence-corrected chi connectivity index (χ1v) is 10.9. The van der Waals surface area contributed by atoms with Gasteiger partial charge in [0.2, 0.25) is 0 Å². The van der Waals surface area contributed by atoms with E-state index in [9.17, 15) is 0 Å². The largest absolute Gasteiger partial charge is 0.380 e. The smallest absolute Gasteiger partial charge is 0.103 e. The van der Waals surface area contributed by atoms with Crippen LogP contribution in [0.1, 0.15) is 36.3 Å². The first kappa shape index (κ1) is 17.7. The van der Waals surface area contributed by atoms with E-state index in [4.69, 9.17) is 4.74 Å². The molecule has 2 saturated heterocycles. The molecule has 2 unspecified atom stereocenters. The third-order valence-electron chi connectivity index (χ3n) is 7.53. The molecule has 2 aliphatic heterocycles. The predicted octanol–water partition coefficient (Wildman–Crippen LogP) is 3.28. The number of nitrogens with zero attached hydrogens (tertiary/aromatic N) is 5. The number of ether oxygens (including phenoxy) is 1. The highest BCUT2D eigenvalue weighted by atomic mass is 16.5. The molecule has 1 aliphatic carbocycles. The number of aryl methyl sites for hydroxylation is 2. The summed E-state index contributed by atoms with van der Waals surface area (Å²) in [5, 5.41) is 10.2. The normalized spacial score (nSPS) is 29.9. The van der Waals surface area contributed by atoms with Crippen molar-refractivity contribution in [3.05, 3.63) is 41.9 Å². The van der Waals surface area contributed by atoms with Crippen LogP contribution in [0, 0.1) is 18.8 Å². The summed E-state index contributed by atoms with van der Waals surface area (Å²) in [7, 11) is 1.95. The van der Waals surface area contributed by atoms with Crippen molar-refractivity contribution in [2.45, 2.75) is 38.1 Å². The Labute approximate surface area is 171 Å². The molecule has 0 spiro atoms. The Bertz CT molecular complexity index is 1030. The summed E-state index contributed by atoms with van der Waals surface area (Å²) >= 11 is 0. The number of hydrogen-bond donors (Lipinski definition) is 0. The lowest BCUT2D eigenvalue weighted by molar-refractivity contribution is 0.153. The molecular formula is C23H29N5O. The summed E-state index contributed by atoms with van der Waals surface area (Å²) in [6.07, 6.45) is 9.74. The van der Waals surface area contributed by atoms with Crippen LogP contribution in [0.15, 0.2) is 30.7 Å². The summed E-state index contributed by atoms with van der Waals surface area (Å²) in [5.74, 6) is 2.37. The summed E-state index contributed by atoms with van der Waals surface area (Å²) < 4.78 is 9.49. The van der Waals surface area contributed by atoms with Gasteiger partial charge in [-0.05, 0) is 67.2 Å². The van der Waals surface area contributed by atoms with Crippen LogP contribution in [0.2, 0.25) is 0 Å². The molecule has 1 saturated carbocycles. The molecule has 0 bridgehead atoms. The minimum absolute atomic E-state index is 0.672. The van der Waals surface area contributed by atoms with Gasteiger partial charge in [0, 0.05) is 38.2 Å². The van der Waals surface area contributed by atoms with Crippen LogP contribution in [0.4, 0.5) is 0 Å². The zero-order valence-corrected chi connectivity index (χ0v) is 17.3. The number of likely N-dealkylation sites (tertiary alicyclic amines) is 1. The van der Waals surface area contributed by atoms with Crippen LogP contribution in [-0.4, -0.2) is 56.8 Å². The van der Waals surface area contributed by atoms with E-state index in [2.05, 4.69) is 34.2 Å². The molecule has 0 radical (unpaired) electrons. The number of rotatable bonds is 3. The molecule has 3 fully saturated rings. The van der Waals surface area contributed by atoms with E-state index >= 15 is 0 Å². The summed E-state index contributed by atoms with van der Waals surface area (Å²) in [5.41, 5.74) is 5.15. The minimum Gasteiger partial charge on any atom is -0.380 e. The highest BCUT2D eigenvalue weighted by Gasteiger charge is 2.43. The van der Waals surface area contributed by atoms with Crippen molar-refractivity contribution in [1.29, 1.82) is 0 Å². The zero-order chi connectivity index (χ0) is 19.5. The van der Waals surface area contributed by atoms with Gasteiger partial charge in [-0.3, -0.25) is 9.58 Å². The van der Waals surface area contributed by atoms with Crippen LogP contribution >= 0.6 is 0 Å². The Morgan fingerprint density at radius 1 is 1.07 bits per heavy atom. The van der Waals surface area contributed by atoms with Gasteiger partial charge in [0.25, 0.3) is 0 Å². The van der Waals surface area contributed by atoms with E-state index in [0.29, 0.717) is 12.0 Å². The van der Waals surface area contributed by atoms with Crippen molar-refractivity contribution in [3.63, 3.8) is 0 Å². The molecular weight excluding hydrogens is 362 g/mol. The monoisotopic (exact) mass is 391 g/mol. The molecule has 6 heteroatoms. The van der Waals surface area contributed by atoms with Crippen LogP contribution in [0.5, 0.6) is 0 Å². The Hall–Kier alpha value is -2.18. The lowest BCUT2D eigenvalue weighted by Crippen LogP contribution is -2.34. The molecule has 4 atom stereocenters. The second kappa shape index (κ2) is 6.67. The van der Waals surface area contributed by atoms with Crippen molar-refractivity contribution in [1.82, 2.24) is 24.5 Å². The van der Waals surface area contributed by atoms with Crippen LogP contribution in [0.25, 0.3) is 16.6 Å². The minimum atomic E-state index is 0.672. The molecule has 3 aromatic rings. The molecule has 4 heterocycles. The third-order valence-corrected chi connectivity index (χ3v) is 7.53. The molecule has 1 aromatic carbocycles. The topological polar surface area (TPSA) is 48.1 Å². The van der Waals surface area contributed by atoms with Gasteiger partial charge in [0.1, 0.15) is 5.69 Å². The molecule has 29 heavy (non-hydrogen) atoms. The van der Waals surface area contributed by atoms with Crippen molar-refractivity contribution in [2.24, 2.45) is 18.9 Å². The van der Waals surface area contributed by atoms with E-state index in [-0.39, 0.29) is 0 Å². The summed E-state index contributed by atoms with van der Waals surface area (Å²) in [6, 6.07) is 5.39. The van der Waals surface area contributed by atoms with Crippen molar-refractivity contribution in [2.75, 3.05) is 26.3 Å². The van der Waals surface area contributed by atoms with Crippen molar-refractivity contribution >= 4 is 10.9 Å². The maximum atomic E-state index is 5.62. The van der Waals surface area contributed by atoms with Crippen molar-refractivity contribution in [3.8, 4) is 5.69 Å². The maximum absolute atomic E-state index is 5.62. The van der Waals surface area contributed by atoms with E-state index in [0.717, 1.165) is 30.7 Å². The molecule has 0 N–H and O–H groups in total. The average molecular weight is 392 g/mol. The molecule has 152 valence electrons. The number of hydrogen-bond acceptors (Lipinski definition) is 4. The second-order valence-electron chi connectivity index (χ2n) is 9.36. The molecule has 0 amide bonds. The highest BCUT2D eigenvalue weighted by Crippen LogP contribution is 2.48. The quantitative estimate of drug-likeness (QED) is 0.688. The van der Waals surface area contributed by atoms with Gasteiger partial charge in [-0.2, -0.15) is 10.2 Å². The van der Waals surface area contributed by atoms with Crippen LogP contribution in [0.3, 0.4) is 0 Å². The fourth-order valence-electron chi connectivity index (χ4n) is 6.07. The first-order valence-electron chi connectivity index (χ1n) is 10.9. The predicted molar refractivity (Wildman–Crippen MR) is 112 cm³/mol. The van der Waals surface area contributed by atoms with Gasteiger partial charge in [0.05, 0.1) is 30.7 Å². The number of benzene rings is 1. The summed E-state index contributed by atoms with van der Waals surface area (Å²) in [4.78, 5) is 2.71. The van der Waals surface area contributed by atoms with Gasteiger partial charge in [-0.25, -0.2) is 4.68 Å². The number of aromatic nitrogens is 4. The van der Waals surface area contributed by atoms with Crippen molar-refractivity contribution < 1.29 is 4.74 Å². The van der Waals surface area contributed by atoms with E-state index in [1.165, 1.54) is 54.4 Å². The number of fused-ring (bicyclic) bond motifs is 2. The molecule has 6 rings (SSSR count). The Balaban J connectivity index is 1.27. The average Bonchev–Trinajstić information content (AvgIpc) is 3.48. The SMILES string of the molecule is Cc1cc2cnn(-c3cnn(C)c3)c2cc1C1C[C@@H]2CN(C3CCOC3)C[C@@H]2C1. The Morgan fingerprint density at radius 3 is 2.59 bits per heavy atom. The zero-order valence-electron chi connectivity index (χ0n) is 17.3. The van der Waals surface area contributed by atoms with Gasteiger partial charge in [-0.1, -0.05) is 0 Å². The van der Waals surface area contributed by atoms with Gasteiger partial charge in [0.15, 0.2) is 0 Å². The van der Waals surface area contributed by atoms with E-state index in [1.807, 2.05) is 35.0 Å². The van der Waals surface area contributed by atoms with Gasteiger partial charge in [-0.15, -0.1) is 0 Å². The highest BCUT2D eigenvalue weighted by molar-refractivity contribution is 5.82. The lowest BCUT2D eigenvalue weighted by Gasteiger charge is -2.24. The standard InChI is InChI=1S/C23H29N5O/c1-15-5-17-9-25-28(21-10-24-26(2)13-21)23(17)8-22(15)16-6-18-11-27(12-19(18)7-16)20-3-4-29-14-20/h5,8-10,13,16,18-20H,3-4,6-7,11-12,14H2,1-2H3/t16?,18-,19+,20?. The van der Waals surface area contributed by atoms with E-state index < -0.39 is 0 Å². The van der Waals surface area contributed by atoms with Crippen LogP contribution in [-0.2, 0) is 11.8 Å². The fourth-order valence-corrected chi connectivity index (χ4v) is 6.07. The van der Waals surface area contributed by atoms with Gasteiger partial charge < -0.3 is 4.74 Å². The molecule has 6 nitrogen and oxygen atoms in total. The van der Waals surface area contributed by atoms with Gasteiger partial charge >= 0.3 is 0 Å². The maximum Gasteiger partial charge on any atom is 0.103 e.